The van der Waals surface area contributed by atoms with Gasteiger partial charge in [-0.05, 0) is 35.6 Å². The van der Waals surface area contributed by atoms with Crippen LogP contribution in [0, 0.1) is 5.92 Å². The maximum Gasteiger partial charge on any atom is 0.251 e. The number of thiophene rings is 1. The van der Waals surface area contributed by atoms with Gasteiger partial charge in [-0.1, -0.05) is 19.9 Å². The molecule has 0 unspecified atom stereocenters. The van der Waals surface area contributed by atoms with E-state index in [1.165, 1.54) is 4.88 Å². The summed E-state index contributed by atoms with van der Waals surface area (Å²) in [5.41, 5.74) is 2.39. The Morgan fingerprint density at radius 3 is 2.90 bits per heavy atom. The van der Waals surface area contributed by atoms with Crippen molar-refractivity contribution in [3.63, 3.8) is 0 Å². The first-order valence-corrected chi connectivity index (χ1v) is 7.80. The molecule has 3 aromatic rings. The number of hydrogen-bond acceptors (Lipinski definition) is 3. The number of benzene rings is 1. The third-order valence-corrected chi connectivity index (χ3v) is 4.44. The van der Waals surface area contributed by atoms with Gasteiger partial charge in [-0.15, -0.1) is 11.3 Å². The number of hydrogen-bond donors (Lipinski definition) is 2. The highest BCUT2D eigenvalue weighted by Gasteiger charge is 2.20. The molecular formula is C16H17N3OS. The highest BCUT2D eigenvalue weighted by molar-refractivity contribution is 7.10. The Morgan fingerprint density at radius 1 is 1.33 bits per heavy atom. The number of amides is 1. The van der Waals surface area contributed by atoms with E-state index in [9.17, 15) is 4.79 Å². The average molecular weight is 299 g/mol. The summed E-state index contributed by atoms with van der Waals surface area (Å²) < 4.78 is 0. The molecule has 1 atom stereocenters. The molecule has 0 aliphatic heterocycles. The molecule has 0 bridgehead atoms. The zero-order valence-corrected chi connectivity index (χ0v) is 12.8. The molecule has 0 saturated carbocycles. The van der Waals surface area contributed by atoms with Crippen LogP contribution in [0.3, 0.4) is 0 Å². The minimum absolute atomic E-state index is 0.0370. The van der Waals surface area contributed by atoms with Crippen molar-refractivity contribution in [1.29, 1.82) is 0 Å². The highest BCUT2D eigenvalue weighted by atomic mass is 32.1. The quantitative estimate of drug-likeness (QED) is 0.771. The third kappa shape index (κ3) is 2.83. The zero-order chi connectivity index (χ0) is 14.8. The molecule has 0 aliphatic carbocycles. The van der Waals surface area contributed by atoms with E-state index >= 15 is 0 Å². The number of carbonyl (C=O) groups excluding carboxylic acids is 1. The van der Waals surface area contributed by atoms with E-state index in [0.717, 1.165) is 11.0 Å². The number of aromatic nitrogens is 2. The van der Waals surface area contributed by atoms with Crippen molar-refractivity contribution in [1.82, 2.24) is 15.3 Å². The lowest BCUT2D eigenvalue weighted by Gasteiger charge is -2.21. The summed E-state index contributed by atoms with van der Waals surface area (Å²) in [5, 5.41) is 5.16. The number of aromatic amines is 1. The molecular weight excluding hydrogens is 282 g/mol. The molecule has 2 N–H and O–H groups in total. The van der Waals surface area contributed by atoms with Crippen LogP contribution in [0.5, 0.6) is 0 Å². The van der Waals surface area contributed by atoms with Gasteiger partial charge in [0, 0.05) is 10.4 Å². The van der Waals surface area contributed by atoms with Crippen molar-refractivity contribution >= 4 is 28.3 Å². The predicted octanol–water partition coefficient (Wildman–Crippen LogP) is 3.75. The summed E-state index contributed by atoms with van der Waals surface area (Å²) >= 11 is 1.67. The molecule has 5 heteroatoms. The van der Waals surface area contributed by atoms with Crippen LogP contribution < -0.4 is 5.32 Å². The highest BCUT2D eigenvalue weighted by Crippen LogP contribution is 2.26. The number of nitrogens with zero attached hydrogens (tertiary/aromatic N) is 1. The predicted molar refractivity (Wildman–Crippen MR) is 85.5 cm³/mol. The molecule has 21 heavy (non-hydrogen) atoms. The fourth-order valence-electron chi connectivity index (χ4n) is 2.34. The Balaban J connectivity index is 1.83. The summed E-state index contributed by atoms with van der Waals surface area (Å²) in [7, 11) is 0. The Morgan fingerprint density at radius 2 is 2.19 bits per heavy atom. The number of H-pyrrole nitrogens is 1. The molecule has 0 aliphatic rings. The molecule has 2 heterocycles. The van der Waals surface area contributed by atoms with Crippen LogP contribution in [0.2, 0.25) is 0 Å². The van der Waals surface area contributed by atoms with Crippen LogP contribution in [-0.4, -0.2) is 15.9 Å². The summed E-state index contributed by atoms with van der Waals surface area (Å²) in [4.78, 5) is 20.9. The van der Waals surface area contributed by atoms with Crippen LogP contribution in [-0.2, 0) is 0 Å². The van der Waals surface area contributed by atoms with Crippen molar-refractivity contribution in [3.8, 4) is 0 Å². The van der Waals surface area contributed by atoms with E-state index in [1.54, 1.807) is 17.7 Å². The molecule has 0 saturated heterocycles. The fraction of sp³-hybridized carbons (Fsp3) is 0.250. The van der Waals surface area contributed by atoms with Crippen LogP contribution >= 0.6 is 11.3 Å². The first-order chi connectivity index (χ1) is 10.1. The monoisotopic (exact) mass is 299 g/mol. The summed E-state index contributed by atoms with van der Waals surface area (Å²) in [6.07, 6.45) is 1.63. The maximum atomic E-state index is 12.5. The van der Waals surface area contributed by atoms with Gasteiger partial charge in [-0.25, -0.2) is 4.98 Å². The fourth-order valence-corrected chi connectivity index (χ4v) is 3.29. The molecule has 0 fully saturated rings. The van der Waals surface area contributed by atoms with E-state index in [-0.39, 0.29) is 11.9 Å². The van der Waals surface area contributed by atoms with Gasteiger partial charge < -0.3 is 10.3 Å². The number of fused-ring (bicyclic) bond motifs is 1. The van der Waals surface area contributed by atoms with E-state index in [0.29, 0.717) is 11.5 Å². The second-order valence-corrected chi connectivity index (χ2v) is 6.32. The standard InChI is InChI=1S/C16H17N3OS/c1-10(2)15(14-4-3-7-21-14)19-16(20)11-5-6-12-13(8-11)18-9-17-12/h3-10,15H,1-2H3,(H,17,18)(H,19,20)/t15-/m0/s1. The third-order valence-electron chi connectivity index (χ3n) is 3.49. The van der Waals surface area contributed by atoms with Crippen LogP contribution in [0.15, 0.2) is 42.0 Å². The minimum atomic E-state index is -0.0569. The molecule has 4 nitrogen and oxygen atoms in total. The Bertz CT molecular complexity index is 746. The van der Waals surface area contributed by atoms with Gasteiger partial charge in [-0.2, -0.15) is 0 Å². The average Bonchev–Trinajstić information content (AvgIpc) is 3.14. The van der Waals surface area contributed by atoms with Crippen LogP contribution in [0.25, 0.3) is 11.0 Å². The summed E-state index contributed by atoms with van der Waals surface area (Å²) in [6, 6.07) is 9.62. The van der Waals surface area contributed by atoms with Gasteiger partial charge in [0.05, 0.1) is 23.4 Å². The van der Waals surface area contributed by atoms with Crippen molar-refractivity contribution in [2.75, 3.05) is 0 Å². The Labute approximate surface area is 127 Å². The normalized spacial score (nSPS) is 12.7. The van der Waals surface area contributed by atoms with Gasteiger partial charge in [0.1, 0.15) is 0 Å². The van der Waals surface area contributed by atoms with Gasteiger partial charge >= 0.3 is 0 Å². The van der Waals surface area contributed by atoms with E-state index in [2.05, 4.69) is 35.2 Å². The second-order valence-electron chi connectivity index (χ2n) is 5.35. The minimum Gasteiger partial charge on any atom is -0.345 e. The molecule has 1 aromatic carbocycles. The molecule has 3 rings (SSSR count). The SMILES string of the molecule is CC(C)[C@H](NC(=O)c1ccc2nc[nH]c2c1)c1cccs1. The second kappa shape index (κ2) is 5.69. The van der Waals surface area contributed by atoms with Crippen LogP contribution in [0.1, 0.15) is 35.1 Å². The molecule has 1 amide bonds. The molecule has 2 aromatic heterocycles. The Kier molecular flexibility index (Phi) is 3.75. The van der Waals surface area contributed by atoms with Crippen molar-refractivity contribution in [2.45, 2.75) is 19.9 Å². The van der Waals surface area contributed by atoms with Gasteiger partial charge in [-0.3, -0.25) is 4.79 Å². The number of imidazole rings is 1. The van der Waals surface area contributed by atoms with Crippen LogP contribution in [0.4, 0.5) is 0 Å². The lowest BCUT2D eigenvalue weighted by molar-refractivity contribution is 0.0926. The van der Waals surface area contributed by atoms with E-state index < -0.39 is 0 Å². The lowest BCUT2D eigenvalue weighted by Crippen LogP contribution is -2.31. The largest absolute Gasteiger partial charge is 0.345 e. The van der Waals surface area contributed by atoms with Gasteiger partial charge in [0.2, 0.25) is 0 Å². The summed E-state index contributed by atoms with van der Waals surface area (Å²) in [5.74, 6) is 0.280. The van der Waals surface area contributed by atoms with Gasteiger partial charge in [0.15, 0.2) is 0 Å². The smallest absolute Gasteiger partial charge is 0.251 e. The Hall–Kier alpha value is -2.14. The molecule has 108 valence electrons. The first-order valence-electron chi connectivity index (χ1n) is 6.92. The van der Waals surface area contributed by atoms with Crippen molar-refractivity contribution < 1.29 is 4.79 Å². The summed E-state index contributed by atoms with van der Waals surface area (Å²) in [6.45, 7) is 4.23. The van der Waals surface area contributed by atoms with Crippen molar-refractivity contribution in [3.05, 3.63) is 52.5 Å². The van der Waals surface area contributed by atoms with E-state index in [4.69, 9.17) is 0 Å². The molecule has 0 radical (unpaired) electrons. The number of nitrogens with one attached hydrogen (secondary N) is 2. The topological polar surface area (TPSA) is 57.8 Å². The number of rotatable bonds is 4. The zero-order valence-electron chi connectivity index (χ0n) is 12.0. The molecule has 0 spiro atoms. The lowest BCUT2D eigenvalue weighted by atomic mass is 10.0. The maximum absolute atomic E-state index is 12.5. The first kappa shape index (κ1) is 13.8. The van der Waals surface area contributed by atoms with Gasteiger partial charge in [0.25, 0.3) is 5.91 Å². The number of carbonyl (C=O) groups is 1. The van der Waals surface area contributed by atoms with E-state index in [1.807, 2.05) is 29.6 Å². The van der Waals surface area contributed by atoms with Crippen molar-refractivity contribution in [2.24, 2.45) is 5.92 Å².